The number of hydrogen-bond acceptors (Lipinski definition) is 6. The van der Waals surface area contributed by atoms with Gasteiger partial charge in [-0.1, -0.05) is 0 Å². The van der Waals surface area contributed by atoms with Crippen LogP contribution in [0.5, 0.6) is 11.5 Å². The van der Waals surface area contributed by atoms with Gasteiger partial charge in [-0.15, -0.1) is 0 Å². The van der Waals surface area contributed by atoms with Gasteiger partial charge in [0, 0.05) is 38.3 Å². The minimum Gasteiger partial charge on any atom is -0.508 e. The molecular formula is C18H21N5O2. The number of hydrogen-bond donors (Lipinski definition) is 2. The molecule has 1 aliphatic heterocycles. The van der Waals surface area contributed by atoms with Gasteiger partial charge in [0.1, 0.15) is 12.4 Å². The summed E-state index contributed by atoms with van der Waals surface area (Å²) in [7, 11) is 0. The molecule has 0 unspecified atom stereocenters. The van der Waals surface area contributed by atoms with Crippen molar-refractivity contribution in [1.82, 2.24) is 24.6 Å². The largest absolute Gasteiger partial charge is 0.508 e. The monoisotopic (exact) mass is 339 g/mol. The molecule has 2 N–H and O–H groups in total. The summed E-state index contributed by atoms with van der Waals surface area (Å²) in [5, 5.41) is 12.8. The Bertz CT molecular complexity index is 840. The minimum absolute atomic E-state index is 0.243. The third-order valence-corrected chi connectivity index (χ3v) is 4.39. The molecule has 1 aliphatic rings. The van der Waals surface area contributed by atoms with Gasteiger partial charge in [0.15, 0.2) is 5.75 Å². The number of rotatable bonds is 5. The molecule has 1 saturated heterocycles. The molecule has 4 rings (SSSR count). The average molecular weight is 339 g/mol. The third-order valence-electron chi connectivity index (χ3n) is 4.39. The van der Waals surface area contributed by atoms with E-state index >= 15 is 0 Å². The number of phenols is 1. The summed E-state index contributed by atoms with van der Waals surface area (Å²) in [6, 6.07) is 7.04. The molecule has 0 saturated carbocycles. The highest BCUT2D eigenvalue weighted by Crippen LogP contribution is 2.23. The van der Waals surface area contributed by atoms with Crippen molar-refractivity contribution in [2.75, 3.05) is 39.3 Å². The number of nitrogens with one attached hydrogen (secondary N) is 1. The van der Waals surface area contributed by atoms with Crippen LogP contribution in [0.1, 0.15) is 0 Å². The Balaban J connectivity index is 1.49. The van der Waals surface area contributed by atoms with E-state index in [1.165, 1.54) is 0 Å². The first-order chi connectivity index (χ1) is 12.3. The highest BCUT2D eigenvalue weighted by molar-refractivity contribution is 5.63. The van der Waals surface area contributed by atoms with Crippen molar-refractivity contribution in [3.05, 3.63) is 42.9 Å². The van der Waals surface area contributed by atoms with Gasteiger partial charge in [-0.2, -0.15) is 0 Å². The van der Waals surface area contributed by atoms with E-state index in [9.17, 15) is 5.11 Å². The summed E-state index contributed by atoms with van der Waals surface area (Å²) >= 11 is 0. The van der Waals surface area contributed by atoms with Crippen LogP contribution < -0.4 is 10.1 Å². The molecule has 7 nitrogen and oxygen atoms in total. The first kappa shape index (κ1) is 15.9. The summed E-state index contributed by atoms with van der Waals surface area (Å²) in [5.74, 6) is 1.59. The van der Waals surface area contributed by atoms with Gasteiger partial charge in [-0.3, -0.25) is 9.30 Å². The Morgan fingerprint density at radius 2 is 1.84 bits per heavy atom. The second-order valence-corrected chi connectivity index (χ2v) is 6.09. The standard InChI is InChI=1S/C18H21N5O2/c24-15-3-1-14(2-4-15)17-12-21-18-20-11-16(13-23(17)18)25-10-9-22-7-5-19-6-8-22/h1-4,11-13,19,24H,5-10H2. The maximum atomic E-state index is 9.45. The molecule has 0 atom stereocenters. The van der Waals surface area contributed by atoms with Gasteiger partial charge >= 0.3 is 0 Å². The van der Waals surface area contributed by atoms with Crippen LogP contribution in [0.15, 0.2) is 42.9 Å². The Hall–Kier alpha value is -2.64. The number of aromatic nitrogens is 3. The van der Waals surface area contributed by atoms with Crippen LogP contribution in [0, 0.1) is 0 Å². The Labute approximate surface area is 145 Å². The van der Waals surface area contributed by atoms with Crippen molar-refractivity contribution in [2.45, 2.75) is 0 Å². The van der Waals surface area contributed by atoms with Gasteiger partial charge in [-0.05, 0) is 24.3 Å². The maximum Gasteiger partial charge on any atom is 0.234 e. The fourth-order valence-corrected chi connectivity index (χ4v) is 3.00. The van der Waals surface area contributed by atoms with E-state index in [2.05, 4.69) is 20.2 Å². The minimum atomic E-state index is 0.243. The van der Waals surface area contributed by atoms with Crippen LogP contribution in [0.4, 0.5) is 0 Å². The lowest BCUT2D eigenvalue weighted by Gasteiger charge is -2.26. The SMILES string of the molecule is Oc1ccc(-c2cnc3ncc(OCCN4CCNCC4)cn23)cc1. The summed E-state index contributed by atoms with van der Waals surface area (Å²) in [5.41, 5.74) is 1.88. The Kier molecular flexibility index (Phi) is 4.49. The van der Waals surface area contributed by atoms with Crippen molar-refractivity contribution < 1.29 is 9.84 Å². The summed E-state index contributed by atoms with van der Waals surface area (Å²) < 4.78 is 7.79. The molecule has 0 bridgehead atoms. The van der Waals surface area contributed by atoms with Crippen molar-refractivity contribution >= 4 is 5.78 Å². The lowest BCUT2D eigenvalue weighted by molar-refractivity contribution is 0.190. The molecule has 0 radical (unpaired) electrons. The molecule has 3 aromatic rings. The van der Waals surface area contributed by atoms with Crippen LogP contribution in [0.2, 0.25) is 0 Å². The highest BCUT2D eigenvalue weighted by Gasteiger charge is 2.10. The lowest BCUT2D eigenvalue weighted by Crippen LogP contribution is -2.44. The molecule has 0 amide bonds. The molecule has 2 aromatic heterocycles. The zero-order chi connectivity index (χ0) is 17.1. The second kappa shape index (κ2) is 7.08. The van der Waals surface area contributed by atoms with Crippen molar-refractivity contribution in [2.24, 2.45) is 0 Å². The quantitative estimate of drug-likeness (QED) is 0.732. The van der Waals surface area contributed by atoms with Crippen LogP contribution >= 0.6 is 0 Å². The van der Waals surface area contributed by atoms with Crippen LogP contribution in [-0.2, 0) is 0 Å². The van der Waals surface area contributed by atoms with E-state index in [0.29, 0.717) is 12.4 Å². The number of phenolic OH excluding ortho intramolecular Hbond substituents is 1. The molecule has 1 aromatic carbocycles. The number of imidazole rings is 1. The fourth-order valence-electron chi connectivity index (χ4n) is 3.00. The summed E-state index contributed by atoms with van der Waals surface area (Å²) in [6.07, 6.45) is 5.40. The Morgan fingerprint density at radius 3 is 2.64 bits per heavy atom. The topological polar surface area (TPSA) is 74.9 Å². The van der Waals surface area contributed by atoms with Gasteiger partial charge in [0.25, 0.3) is 0 Å². The van der Waals surface area contributed by atoms with E-state index in [1.807, 2.05) is 22.7 Å². The zero-order valence-corrected chi connectivity index (χ0v) is 13.9. The second-order valence-electron chi connectivity index (χ2n) is 6.09. The smallest absolute Gasteiger partial charge is 0.234 e. The molecule has 130 valence electrons. The molecule has 0 aliphatic carbocycles. The van der Waals surface area contributed by atoms with E-state index in [1.54, 1.807) is 24.5 Å². The maximum absolute atomic E-state index is 9.45. The first-order valence-electron chi connectivity index (χ1n) is 8.48. The van der Waals surface area contributed by atoms with Gasteiger partial charge in [0.05, 0.1) is 24.3 Å². The van der Waals surface area contributed by atoms with E-state index in [0.717, 1.165) is 49.7 Å². The molecule has 3 heterocycles. The fraction of sp³-hybridized carbons (Fsp3) is 0.333. The number of ether oxygens (including phenoxy) is 1. The van der Waals surface area contributed by atoms with E-state index < -0.39 is 0 Å². The Morgan fingerprint density at radius 1 is 1.08 bits per heavy atom. The number of fused-ring (bicyclic) bond motifs is 1. The van der Waals surface area contributed by atoms with Crippen molar-refractivity contribution in [3.63, 3.8) is 0 Å². The van der Waals surface area contributed by atoms with Crippen LogP contribution in [0.25, 0.3) is 17.0 Å². The molecule has 0 spiro atoms. The zero-order valence-electron chi connectivity index (χ0n) is 13.9. The van der Waals surface area contributed by atoms with Crippen molar-refractivity contribution in [1.29, 1.82) is 0 Å². The number of aromatic hydroxyl groups is 1. The van der Waals surface area contributed by atoms with Crippen LogP contribution in [0.3, 0.4) is 0 Å². The average Bonchev–Trinajstić information content (AvgIpc) is 3.07. The third kappa shape index (κ3) is 3.57. The highest BCUT2D eigenvalue weighted by atomic mass is 16.5. The van der Waals surface area contributed by atoms with Crippen molar-refractivity contribution in [3.8, 4) is 22.8 Å². The van der Waals surface area contributed by atoms with Gasteiger partial charge < -0.3 is 15.2 Å². The molecule has 7 heteroatoms. The lowest BCUT2D eigenvalue weighted by atomic mass is 10.1. The predicted molar refractivity (Wildman–Crippen MR) is 94.9 cm³/mol. The number of piperazine rings is 1. The van der Waals surface area contributed by atoms with E-state index in [4.69, 9.17) is 4.74 Å². The number of benzene rings is 1. The van der Waals surface area contributed by atoms with E-state index in [-0.39, 0.29) is 5.75 Å². The van der Waals surface area contributed by atoms with Gasteiger partial charge in [-0.25, -0.2) is 9.97 Å². The predicted octanol–water partition coefficient (Wildman–Crippen LogP) is 1.39. The molecular weight excluding hydrogens is 318 g/mol. The molecule has 1 fully saturated rings. The molecule has 25 heavy (non-hydrogen) atoms. The number of nitrogens with zero attached hydrogens (tertiary/aromatic N) is 4. The normalized spacial score (nSPS) is 15.5. The van der Waals surface area contributed by atoms with Gasteiger partial charge in [0.2, 0.25) is 5.78 Å². The summed E-state index contributed by atoms with van der Waals surface area (Å²) in [6.45, 7) is 5.75. The van der Waals surface area contributed by atoms with Crippen LogP contribution in [-0.4, -0.2) is 63.7 Å². The first-order valence-corrected chi connectivity index (χ1v) is 8.48. The summed E-state index contributed by atoms with van der Waals surface area (Å²) in [4.78, 5) is 11.1.